The van der Waals surface area contributed by atoms with Gasteiger partial charge in [0.1, 0.15) is 5.75 Å². The zero-order chi connectivity index (χ0) is 11.3. The summed E-state index contributed by atoms with van der Waals surface area (Å²) in [6.45, 7) is 0. The van der Waals surface area contributed by atoms with Crippen LogP contribution in [-0.4, -0.2) is 32.3 Å². The Kier molecular flexibility index (Phi) is 3.91. The quantitative estimate of drug-likeness (QED) is 0.690. The van der Waals surface area contributed by atoms with Gasteiger partial charge in [-0.3, -0.25) is 4.79 Å². The van der Waals surface area contributed by atoms with Crippen molar-refractivity contribution in [1.29, 1.82) is 0 Å². The zero-order valence-electron chi connectivity index (χ0n) is 8.94. The molecule has 1 heterocycles. The van der Waals surface area contributed by atoms with Crippen LogP contribution in [0.15, 0.2) is 12.1 Å². The van der Waals surface area contributed by atoms with Crippen LogP contribution in [0, 0.1) is 0 Å². The molecule has 0 saturated heterocycles. The van der Waals surface area contributed by atoms with Crippen LogP contribution in [0.25, 0.3) is 0 Å². The van der Waals surface area contributed by atoms with Crippen molar-refractivity contribution in [2.75, 3.05) is 21.3 Å². The second-order valence-corrected chi connectivity index (χ2v) is 2.79. The molecular formula is C10H13NO4. The molecule has 0 bridgehead atoms. The van der Waals surface area contributed by atoms with E-state index in [2.05, 4.69) is 9.72 Å². The van der Waals surface area contributed by atoms with Gasteiger partial charge in [-0.25, -0.2) is 4.98 Å². The molecule has 1 rings (SSSR count). The van der Waals surface area contributed by atoms with Crippen molar-refractivity contribution in [2.24, 2.45) is 0 Å². The summed E-state index contributed by atoms with van der Waals surface area (Å²) >= 11 is 0. The van der Waals surface area contributed by atoms with Gasteiger partial charge in [0.25, 0.3) is 0 Å². The van der Waals surface area contributed by atoms with Gasteiger partial charge >= 0.3 is 5.97 Å². The molecule has 5 heteroatoms. The van der Waals surface area contributed by atoms with Crippen molar-refractivity contribution in [1.82, 2.24) is 4.98 Å². The van der Waals surface area contributed by atoms with Gasteiger partial charge in [-0.2, -0.15) is 0 Å². The Hall–Kier alpha value is -1.78. The highest BCUT2D eigenvalue weighted by Crippen LogP contribution is 2.19. The molecule has 0 radical (unpaired) electrons. The fourth-order valence-electron chi connectivity index (χ4n) is 1.07. The van der Waals surface area contributed by atoms with E-state index < -0.39 is 0 Å². The summed E-state index contributed by atoms with van der Waals surface area (Å²) in [6, 6.07) is 3.31. The fraction of sp³-hybridized carbons (Fsp3) is 0.400. The number of carbonyl (C=O) groups is 1. The predicted octanol–water partition coefficient (Wildman–Crippen LogP) is 0.814. The van der Waals surface area contributed by atoms with Crippen LogP contribution < -0.4 is 9.47 Å². The Bertz CT molecular complexity index is 329. The minimum absolute atomic E-state index is 0.101. The van der Waals surface area contributed by atoms with Gasteiger partial charge in [-0.1, -0.05) is 0 Å². The van der Waals surface area contributed by atoms with Crippen molar-refractivity contribution in [3.63, 3.8) is 0 Å². The van der Waals surface area contributed by atoms with Crippen LogP contribution in [0.4, 0.5) is 0 Å². The summed E-state index contributed by atoms with van der Waals surface area (Å²) in [5, 5.41) is 0. The van der Waals surface area contributed by atoms with Gasteiger partial charge in [0.15, 0.2) is 0 Å². The Morgan fingerprint density at radius 1 is 1.27 bits per heavy atom. The third kappa shape index (κ3) is 3.12. The van der Waals surface area contributed by atoms with E-state index in [4.69, 9.17) is 9.47 Å². The Morgan fingerprint density at radius 2 is 2.00 bits per heavy atom. The molecule has 0 aliphatic carbocycles. The van der Waals surface area contributed by atoms with Crippen LogP contribution in [0.3, 0.4) is 0 Å². The molecule has 0 aliphatic heterocycles. The fourth-order valence-corrected chi connectivity index (χ4v) is 1.07. The van der Waals surface area contributed by atoms with Crippen molar-refractivity contribution in [3.8, 4) is 11.6 Å². The first-order valence-corrected chi connectivity index (χ1v) is 4.35. The van der Waals surface area contributed by atoms with Gasteiger partial charge in [0, 0.05) is 12.1 Å². The van der Waals surface area contributed by atoms with E-state index in [1.807, 2.05) is 0 Å². The maximum atomic E-state index is 11.0. The van der Waals surface area contributed by atoms with Gasteiger partial charge in [0.05, 0.1) is 33.4 Å². The molecule has 0 spiro atoms. The van der Waals surface area contributed by atoms with Crippen LogP contribution in [0.2, 0.25) is 0 Å². The second kappa shape index (κ2) is 5.19. The number of pyridine rings is 1. The normalized spacial score (nSPS) is 9.53. The number of hydrogen-bond donors (Lipinski definition) is 0. The molecule has 0 unspecified atom stereocenters. The lowest BCUT2D eigenvalue weighted by Crippen LogP contribution is -2.06. The number of methoxy groups -OCH3 is 3. The molecule has 0 aromatic carbocycles. The van der Waals surface area contributed by atoms with E-state index in [1.54, 1.807) is 12.1 Å². The van der Waals surface area contributed by atoms with E-state index >= 15 is 0 Å². The van der Waals surface area contributed by atoms with Crippen molar-refractivity contribution >= 4 is 5.97 Å². The van der Waals surface area contributed by atoms with E-state index in [0.717, 1.165) is 0 Å². The zero-order valence-corrected chi connectivity index (χ0v) is 8.94. The number of rotatable bonds is 4. The predicted molar refractivity (Wildman–Crippen MR) is 53.1 cm³/mol. The lowest BCUT2D eigenvalue weighted by atomic mass is 10.2. The summed E-state index contributed by atoms with van der Waals surface area (Å²) in [5.74, 6) is 0.659. The second-order valence-electron chi connectivity index (χ2n) is 2.79. The van der Waals surface area contributed by atoms with Gasteiger partial charge in [0.2, 0.25) is 5.88 Å². The highest BCUT2D eigenvalue weighted by Gasteiger charge is 2.08. The van der Waals surface area contributed by atoms with E-state index in [1.165, 1.54) is 21.3 Å². The molecule has 1 aromatic rings. The van der Waals surface area contributed by atoms with Crippen molar-refractivity contribution < 1.29 is 19.0 Å². The SMILES string of the molecule is COC(=O)Cc1cc(OC)cc(OC)n1. The molecule has 82 valence electrons. The molecule has 1 aromatic heterocycles. The highest BCUT2D eigenvalue weighted by atomic mass is 16.5. The molecule has 5 nitrogen and oxygen atoms in total. The number of aromatic nitrogens is 1. The van der Waals surface area contributed by atoms with Crippen LogP contribution in [-0.2, 0) is 16.0 Å². The average molecular weight is 211 g/mol. The standard InChI is InChI=1S/C10H13NO4/c1-13-8-4-7(5-10(12)15-3)11-9(6-8)14-2/h4,6H,5H2,1-3H3. The summed E-state index contributed by atoms with van der Waals surface area (Å²) in [6.07, 6.45) is 0.101. The maximum Gasteiger partial charge on any atom is 0.311 e. The van der Waals surface area contributed by atoms with Crippen LogP contribution in [0.5, 0.6) is 11.6 Å². The summed E-state index contributed by atoms with van der Waals surface area (Å²) < 4.78 is 14.6. The maximum absolute atomic E-state index is 11.0. The molecule has 0 amide bonds. The van der Waals surface area contributed by atoms with E-state index in [0.29, 0.717) is 17.3 Å². The molecular weight excluding hydrogens is 198 g/mol. The molecule has 0 atom stereocenters. The number of nitrogens with zero attached hydrogens (tertiary/aromatic N) is 1. The number of hydrogen-bond acceptors (Lipinski definition) is 5. The monoisotopic (exact) mass is 211 g/mol. The number of ether oxygens (including phenoxy) is 3. The molecule has 15 heavy (non-hydrogen) atoms. The third-order valence-electron chi connectivity index (χ3n) is 1.83. The largest absolute Gasteiger partial charge is 0.496 e. The van der Waals surface area contributed by atoms with Crippen LogP contribution >= 0.6 is 0 Å². The molecule has 0 N–H and O–H groups in total. The highest BCUT2D eigenvalue weighted by molar-refractivity contribution is 5.72. The first kappa shape index (κ1) is 11.3. The topological polar surface area (TPSA) is 57.7 Å². The number of carbonyl (C=O) groups excluding carboxylic acids is 1. The summed E-state index contributed by atoms with van der Waals surface area (Å²) in [4.78, 5) is 15.1. The number of esters is 1. The van der Waals surface area contributed by atoms with Gasteiger partial charge in [-0.15, -0.1) is 0 Å². The lowest BCUT2D eigenvalue weighted by molar-refractivity contribution is -0.139. The van der Waals surface area contributed by atoms with Crippen molar-refractivity contribution in [2.45, 2.75) is 6.42 Å². The summed E-state index contributed by atoms with van der Waals surface area (Å²) in [5.41, 5.74) is 0.554. The first-order chi connectivity index (χ1) is 7.19. The lowest BCUT2D eigenvalue weighted by Gasteiger charge is -2.06. The molecule has 0 saturated carbocycles. The molecule has 0 fully saturated rings. The van der Waals surface area contributed by atoms with Gasteiger partial charge < -0.3 is 14.2 Å². The minimum atomic E-state index is -0.349. The Morgan fingerprint density at radius 3 is 2.53 bits per heavy atom. The Balaban J connectivity index is 2.91. The van der Waals surface area contributed by atoms with Crippen molar-refractivity contribution in [3.05, 3.63) is 17.8 Å². The van der Waals surface area contributed by atoms with Gasteiger partial charge in [-0.05, 0) is 0 Å². The van der Waals surface area contributed by atoms with Crippen LogP contribution in [0.1, 0.15) is 5.69 Å². The summed E-state index contributed by atoms with van der Waals surface area (Å²) in [7, 11) is 4.38. The Labute approximate surface area is 88.0 Å². The van der Waals surface area contributed by atoms with E-state index in [-0.39, 0.29) is 12.4 Å². The minimum Gasteiger partial charge on any atom is -0.496 e. The smallest absolute Gasteiger partial charge is 0.311 e. The first-order valence-electron chi connectivity index (χ1n) is 4.35. The third-order valence-corrected chi connectivity index (χ3v) is 1.83. The molecule has 0 aliphatic rings. The van der Waals surface area contributed by atoms with E-state index in [9.17, 15) is 4.79 Å². The average Bonchev–Trinajstić information content (AvgIpc) is 2.28.